The van der Waals surface area contributed by atoms with Gasteiger partial charge >= 0.3 is 0 Å². The van der Waals surface area contributed by atoms with Gasteiger partial charge in [-0.1, -0.05) is 25.3 Å². The van der Waals surface area contributed by atoms with Crippen molar-refractivity contribution in [3.8, 4) is 0 Å². The van der Waals surface area contributed by atoms with E-state index in [2.05, 4.69) is 24.1 Å². The fraction of sp³-hybridized carbons (Fsp3) is 0.824. The van der Waals surface area contributed by atoms with Crippen LogP contribution < -0.4 is 10.6 Å². The first-order valence-electron chi connectivity index (χ1n) is 8.58. The standard InChI is InChI=1S/C17H33N3OS/c1-3-13-22-14-11-19-16(18-4-2)20-15-17(10-12-21)8-6-5-7-9-17/h3,21H,1,4-15H2,2H3,(H2,18,19,20). The average Bonchev–Trinajstić information content (AvgIpc) is 2.53. The van der Waals surface area contributed by atoms with E-state index in [1.165, 1.54) is 32.1 Å². The molecule has 0 aromatic heterocycles. The highest BCUT2D eigenvalue weighted by Crippen LogP contribution is 2.39. The molecule has 128 valence electrons. The Balaban J connectivity index is 2.48. The van der Waals surface area contributed by atoms with E-state index in [1.54, 1.807) is 0 Å². The van der Waals surface area contributed by atoms with Gasteiger partial charge in [0.2, 0.25) is 0 Å². The molecule has 0 radical (unpaired) electrons. The van der Waals surface area contributed by atoms with Crippen LogP contribution in [0.5, 0.6) is 0 Å². The van der Waals surface area contributed by atoms with Gasteiger partial charge < -0.3 is 15.7 Å². The number of hydrogen-bond acceptors (Lipinski definition) is 3. The predicted octanol–water partition coefficient (Wildman–Crippen LogP) is 2.79. The molecule has 3 N–H and O–H groups in total. The number of aliphatic imine (C=N–C) groups is 1. The summed E-state index contributed by atoms with van der Waals surface area (Å²) in [5.41, 5.74) is 0.215. The number of nitrogens with zero attached hydrogens (tertiary/aromatic N) is 1. The quantitative estimate of drug-likeness (QED) is 0.250. The summed E-state index contributed by atoms with van der Waals surface area (Å²) >= 11 is 1.87. The van der Waals surface area contributed by atoms with E-state index >= 15 is 0 Å². The molecule has 22 heavy (non-hydrogen) atoms. The van der Waals surface area contributed by atoms with E-state index in [9.17, 15) is 5.11 Å². The van der Waals surface area contributed by atoms with Crippen LogP contribution in [-0.2, 0) is 0 Å². The van der Waals surface area contributed by atoms with Gasteiger partial charge in [-0.15, -0.1) is 6.58 Å². The van der Waals surface area contributed by atoms with Crippen molar-refractivity contribution in [3.05, 3.63) is 12.7 Å². The number of aliphatic hydroxyl groups is 1. The minimum atomic E-state index is 0.215. The van der Waals surface area contributed by atoms with Crippen LogP contribution >= 0.6 is 11.8 Å². The predicted molar refractivity (Wildman–Crippen MR) is 98.7 cm³/mol. The van der Waals surface area contributed by atoms with E-state index in [4.69, 9.17) is 4.99 Å². The Labute approximate surface area is 140 Å². The Kier molecular flexibility index (Phi) is 10.4. The lowest BCUT2D eigenvalue weighted by molar-refractivity contribution is 0.137. The summed E-state index contributed by atoms with van der Waals surface area (Å²) in [5, 5.41) is 16.1. The monoisotopic (exact) mass is 327 g/mol. The van der Waals surface area contributed by atoms with Crippen LogP contribution in [-0.4, -0.2) is 48.8 Å². The normalized spacial score (nSPS) is 18.0. The van der Waals surface area contributed by atoms with Crippen molar-refractivity contribution < 1.29 is 5.11 Å². The molecule has 1 rings (SSSR count). The maximum atomic E-state index is 9.39. The summed E-state index contributed by atoms with van der Waals surface area (Å²) in [6, 6.07) is 0. The first-order chi connectivity index (χ1) is 10.8. The first-order valence-corrected chi connectivity index (χ1v) is 9.73. The van der Waals surface area contributed by atoms with Crippen LogP contribution in [0.3, 0.4) is 0 Å². The third kappa shape index (κ3) is 7.54. The minimum Gasteiger partial charge on any atom is -0.396 e. The largest absolute Gasteiger partial charge is 0.396 e. The maximum absolute atomic E-state index is 9.39. The Morgan fingerprint density at radius 2 is 2.09 bits per heavy atom. The van der Waals surface area contributed by atoms with E-state index in [0.29, 0.717) is 0 Å². The topological polar surface area (TPSA) is 56.7 Å². The molecule has 0 heterocycles. The second kappa shape index (κ2) is 11.8. The van der Waals surface area contributed by atoms with Gasteiger partial charge in [-0.3, -0.25) is 4.99 Å². The van der Waals surface area contributed by atoms with Gasteiger partial charge in [0.25, 0.3) is 0 Å². The highest BCUT2D eigenvalue weighted by Gasteiger charge is 2.31. The van der Waals surface area contributed by atoms with E-state index in [1.807, 2.05) is 17.8 Å². The van der Waals surface area contributed by atoms with Crippen LogP contribution in [0.4, 0.5) is 0 Å². The molecule has 1 aliphatic carbocycles. The number of hydrogen-bond donors (Lipinski definition) is 3. The second-order valence-corrected chi connectivity index (χ2v) is 7.17. The van der Waals surface area contributed by atoms with Crippen molar-refractivity contribution in [3.63, 3.8) is 0 Å². The number of thioether (sulfide) groups is 1. The highest BCUT2D eigenvalue weighted by atomic mass is 32.2. The van der Waals surface area contributed by atoms with Crippen molar-refractivity contribution >= 4 is 17.7 Å². The molecular formula is C17H33N3OS. The van der Waals surface area contributed by atoms with E-state index in [-0.39, 0.29) is 12.0 Å². The van der Waals surface area contributed by atoms with Crippen molar-refractivity contribution in [2.75, 3.05) is 37.7 Å². The van der Waals surface area contributed by atoms with Gasteiger partial charge in [-0.05, 0) is 31.6 Å². The molecule has 1 saturated carbocycles. The lowest BCUT2D eigenvalue weighted by Gasteiger charge is -2.35. The van der Waals surface area contributed by atoms with Crippen LogP contribution in [0.2, 0.25) is 0 Å². The molecule has 0 unspecified atom stereocenters. The molecule has 0 aromatic rings. The summed E-state index contributed by atoms with van der Waals surface area (Å²) in [7, 11) is 0. The number of aliphatic hydroxyl groups excluding tert-OH is 1. The molecule has 0 bridgehead atoms. The average molecular weight is 328 g/mol. The zero-order valence-electron chi connectivity index (χ0n) is 14.1. The molecule has 4 nitrogen and oxygen atoms in total. The van der Waals surface area contributed by atoms with Crippen LogP contribution in [0.25, 0.3) is 0 Å². The molecule has 1 fully saturated rings. The molecule has 0 aliphatic heterocycles. The summed E-state index contributed by atoms with van der Waals surface area (Å²) in [6.45, 7) is 8.71. The van der Waals surface area contributed by atoms with Gasteiger partial charge in [0.1, 0.15) is 0 Å². The van der Waals surface area contributed by atoms with Gasteiger partial charge in [-0.25, -0.2) is 0 Å². The summed E-state index contributed by atoms with van der Waals surface area (Å²) in [5.74, 6) is 2.96. The third-order valence-electron chi connectivity index (χ3n) is 4.25. The number of nitrogens with one attached hydrogen (secondary N) is 2. The third-order valence-corrected chi connectivity index (χ3v) is 5.21. The molecule has 5 heteroatoms. The maximum Gasteiger partial charge on any atom is 0.191 e. The molecule has 0 amide bonds. The summed E-state index contributed by atoms with van der Waals surface area (Å²) in [4.78, 5) is 4.80. The molecule has 0 saturated heterocycles. The molecule has 0 aromatic carbocycles. The summed E-state index contributed by atoms with van der Waals surface area (Å²) in [6.07, 6.45) is 9.10. The SMILES string of the molecule is C=CCSCCNC(=NCC1(CCO)CCCCC1)NCC. The molecule has 1 aliphatic rings. The minimum absolute atomic E-state index is 0.215. The number of guanidine groups is 1. The fourth-order valence-corrected chi connectivity index (χ4v) is 3.60. The van der Waals surface area contributed by atoms with Crippen LogP contribution in [0.15, 0.2) is 17.6 Å². The Morgan fingerprint density at radius 1 is 1.32 bits per heavy atom. The second-order valence-electron chi connectivity index (χ2n) is 6.02. The first kappa shape index (κ1) is 19.4. The lowest BCUT2D eigenvalue weighted by atomic mass is 9.72. The zero-order chi connectivity index (χ0) is 16.1. The van der Waals surface area contributed by atoms with Crippen molar-refractivity contribution in [2.24, 2.45) is 10.4 Å². The van der Waals surface area contributed by atoms with E-state index in [0.717, 1.165) is 43.5 Å². The lowest BCUT2D eigenvalue weighted by Crippen LogP contribution is -2.40. The molecular weight excluding hydrogens is 294 g/mol. The van der Waals surface area contributed by atoms with Crippen molar-refractivity contribution in [1.29, 1.82) is 0 Å². The highest BCUT2D eigenvalue weighted by molar-refractivity contribution is 7.99. The zero-order valence-corrected chi connectivity index (χ0v) is 14.9. The van der Waals surface area contributed by atoms with Crippen molar-refractivity contribution in [2.45, 2.75) is 45.4 Å². The smallest absolute Gasteiger partial charge is 0.191 e. The van der Waals surface area contributed by atoms with Gasteiger partial charge in [0, 0.05) is 37.7 Å². The van der Waals surface area contributed by atoms with Crippen LogP contribution in [0.1, 0.15) is 45.4 Å². The van der Waals surface area contributed by atoms with Gasteiger partial charge in [-0.2, -0.15) is 11.8 Å². The Hall–Kier alpha value is -0.680. The van der Waals surface area contributed by atoms with Crippen LogP contribution in [0, 0.1) is 5.41 Å². The fourth-order valence-electron chi connectivity index (χ4n) is 3.02. The molecule has 0 spiro atoms. The van der Waals surface area contributed by atoms with Crippen molar-refractivity contribution in [1.82, 2.24) is 10.6 Å². The Bertz CT molecular complexity index is 322. The Morgan fingerprint density at radius 3 is 2.73 bits per heavy atom. The number of rotatable bonds is 10. The van der Waals surface area contributed by atoms with Gasteiger partial charge in [0.15, 0.2) is 5.96 Å². The van der Waals surface area contributed by atoms with E-state index < -0.39 is 0 Å². The van der Waals surface area contributed by atoms with Gasteiger partial charge in [0.05, 0.1) is 0 Å². The summed E-state index contributed by atoms with van der Waals surface area (Å²) < 4.78 is 0. The molecule has 0 atom stereocenters.